The third-order valence-corrected chi connectivity index (χ3v) is 3.73. The Morgan fingerprint density at radius 1 is 1.30 bits per heavy atom. The lowest BCUT2D eigenvalue weighted by Crippen LogP contribution is -2.38. The molecular formula is C14H18F3NO2. The summed E-state index contributed by atoms with van der Waals surface area (Å²) >= 11 is 0. The molecule has 1 fully saturated rings. The third kappa shape index (κ3) is 3.56. The second-order valence-electron chi connectivity index (χ2n) is 5.09. The summed E-state index contributed by atoms with van der Waals surface area (Å²) in [6.07, 6.45) is -3.85. The number of piperidine rings is 1. The first kappa shape index (κ1) is 15.0. The quantitative estimate of drug-likeness (QED) is 0.927. The molecule has 1 saturated heterocycles. The number of halogens is 3. The molecule has 1 N–H and O–H groups in total. The minimum atomic E-state index is -4.09. The van der Waals surface area contributed by atoms with E-state index in [4.69, 9.17) is 4.74 Å². The normalized spacial score (nSPS) is 18.2. The molecule has 0 atom stereocenters. The van der Waals surface area contributed by atoms with Crippen molar-refractivity contribution in [3.8, 4) is 11.5 Å². The number of phenolic OH excluding ortho intramolecular Hbond substituents is 1. The number of alkyl halides is 3. The monoisotopic (exact) mass is 289 g/mol. The molecule has 0 radical (unpaired) electrons. The lowest BCUT2D eigenvalue weighted by molar-refractivity contribution is -0.185. The summed E-state index contributed by atoms with van der Waals surface area (Å²) < 4.78 is 42.8. The van der Waals surface area contributed by atoms with E-state index < -0.39 is 12.1 Å². The molecule has 1 aliphatic heterocycles. The number of nitrogens with zero attached hydrogens (tertiary/aromatic N) is 1. The van der Waals surface area contributed by atoms with E-state index in [9.17, 15) is 18.3 Å². The molecule has 1 heterocycles. The van der Waals surface area contributed by atoms with Crippen LogP contribution in [0.5, 0.6) is 11.5 Å². The summed E-state index contributed by atoms with van der Waals surface area (Å²) in [4.78, 5) is 1.93. The van der Waals surface area contributed by atoms with Gasteiger partial charge in [-0.1, -0.05) is 0 Å². The second kappa shape index (κ2) is 5.91. The van der Waals surface area contributed by atoms with Crippen molar-refractivity contribution < 1.29 is 23.0 Å². The number of ether oxygens (including phenoxy) is 1. The average Bonchev–Trinajstić information content (AvgIpc) is 2.41. The van der Waals surface area contributed by atoms with Crippen molar-refractivity contribution in [1.82, 2.24) is 4.90 Å². The molecule has 6 heteroatoms. The van der Waals surface area contributed by atoms with Crippen LogP contribution in [0, 0.1) is 5.92 Å². The highest BCUT2D eigenvalue weighted by Crippen LogP contribution is 2.35. The van der Waals surface area contributed by atoms with Gasteiger partial charge in [-0.15, -0.1) is 0 Å². The maximum Gasteiger partial charge on any atom is 0.391 e. The number of rotatable bonds is 3. The van der Waals surface area contributed by atoms with Crippen LogP contribution in [-0.4, -0.2) is 36.4 Å². The van der Waals surface area contributed by atoms with Gasteiger partial charge in [-0.2, -0.15) is 13.2 Å². The number of benzene rings is 1. The summed E-state index contributed by atoms with van der Waals surface area (Å²) in [7, 11) is 1.53. The zero-order valence-electron chi connectivity index (χ0n) is 11.3. The largest absolute Gasteiger partial charge is 0.508 e. The van der Waals surface area contributed by atoms with E-state index in [0.717, 1.165) is 0 Å². The lowest BCUT2D eigenvalue weighted by Gasteiger charge is -2.33. The molecule has 0 amide bonds. The predicted octanol–water partition coefficient (Wildman–Crippen LogP) is 3.18. The maximum atomic E-state index is 12.6. The number of hydrogen-bond acceptors (Lipinski definition) is 3. The van der Waals surface area contributed by atoms with Gasteiger partial charge >= 0.3 is 6.18 Å². The van der Waals surface area contributed by atoms with Gasteiger partial charge < -0.3 is 9.84 Å². The van der Waals surface area contributed by atoms with Crippen LogP contribution in [0.1, 0.15) is 18.4 Å². The Bertz CT molecular complexity index is 454. The Kier molecular flexibility index (Phi) is 4.42. The van der Waals surface area contributed by atoms with Gasteiger partial charge in [0.05, 0.1) is 13.0 Å². The first-order chi connectivity index (χ1) is 9.40. The van der Waals surface area contributed by atoms with E-state index in [2.05, 4.69) is 0 Å². The highest BCUT2D eigenvalue weighted by atomic mass is 19.4. The standard InChI is InChI=1S/C14H18F3NO2/c1-20-12-2-3-13(19)10(8-12)9-18-6-4-11(5-7-18)14(15,16)17/h2-3,8,11,19H,4-7,9H2,1H3. The summed E-state index contributed by atoms with van der Waals surface area (Å²) in [6, 6.07) is 4.90. The highest BCUT2D eigenvalue weighted by Gasteiger charge is 2.40. The molecule has 112 valence electrons. The van der Waals surface area contributed by atoms with Gasteiger partial charge in [0.1, 0.15) is 11.5 Å². The number of phenols is 1. The first-order valence-corrected chi connectivity index (χ1v) is 6.55. The first-order valence-electron chi connectivity index (χ1n) is 6.55. The van der Waals surface area contributed by atoms with E-state index in [1.165, 1.54) is 13.2 Å². The molecule has 2 rings (SSSR count). The Balaban J connectivity index is 1.96. The van der Waals surface area contributed by atoms with Crippen molar-refractivity contribution in [3.63, 3.8) is 0 Å². The van der Waals surface area contributed by atoms with Crippen molar-refractivity contribution in [2.75, 3.05) is 20.2 Å². The van der Waals surface area contributed by atoms with Crippen LogP contribution in [0.2, 0.25) is 0 Å². The fourth-order valence-electron chi connectivity index (χ4n) is 2.47. The molecule has 0 spiro atoms. The second-order valence-corrected chi connectivity index (χ2v) is 5.09. The number of likely N-dealkylation sites (tertiary alicyclic amines) is 1. The van der Waals surface area contributed by atoms with E-state index in [-0.39, 0.29) is 18.6 Å². The van der Waals surface area contributed by atoms with Gasteiger partial charge in [0.2, 0.25) is 0 Å². The lowest BCUT2D eigenvalue weighted by atomic mass is 9.96. The van der Waals surface area contributed by atoms with Crippen LogP contribution in [0.3, 0.4) is 0 Å². The van der Waals surface area contributed by atoms with Gasteiger partial charge in [0.25, 0.3) is 0 Å². The van der Waals surface area contributed by atoms with Crippen LogP contribution in [0.4, 0.5) is 13.2 Å². The molecule has 1 aromatic carbocycles. The molecule has 1 aliphatic rings. The predicted molar refractivity (Wildman–Crippen MR) is 68.7 cm³/mol. The molecule has 0 saturated carbocycles. The summed E-state index contributed by atoms with van der Waals surface area (Å²) in [5.74, 6) is -0.427. The Labute approximate surface area is 116 Å². The third-order valence-electron chi connectivity index (χ3n) is 3.73. The molecule has 3 nitrogen and oxygen atoms in total. The minimum Gasteiger partial charge on any atom is -0.508 e. The van der Waals surface area contributed by atoms with Gasteiger partial charge in [-0.25, -0.2) is 0 Å². The SMILES string of the molecule is COc1ccc(O)c(CN2CCC(C(F)(F)F)CC2)c1. The average molecular weight is 289 g/mol. The number of aromatic hydroxyl groups is 1. The van der Waals surface area contributed by atoms with Crippen molar-refractivity contribution >= 4 is 0 Å². The molecule has 1 aromatic rings. The van der Waals surface area contributed by atoms with Gasteiger partial charge in [0, 0.05) is 12.1 Å². The van der Waals surface area contributed by atoms with Gasteiger partial charge in [-0.05, 0) is 44.1 Å². The van der Waals surface area contributed by atoms with Gasteiger partial charge in [0.15, 0.2) is 0 Å². The molecule has 0 aliphatic carbocycles. The smallest absolute Gasteiger partial charge is 0.391 e. The van der Waals surface area contributed by atoms with E-state index in [0.29, 0.717) is 30.9 Å². The summed E-state index contributed by atoms with van der Waals surface area (Å²) in [6.45, 7) is 1.22. The van der Waals surface area contributed by atoms with Crippen molar-refractivity contribution in [3.05, 3.63) is 23.8 Å². The molecule has 0 unspecified atom stereocenters. The maximum absolute atomic E-state index is 12.6. The van der Waals surface area contributed by atoms with Crippen molar-refractivity contribution in [1.29, 1.82) is 0 Å². The molecule has 20 heavy (non-hydrogen) atoms. The summed E-state index contributed by atoms with van der Waals surface area (Å²) in [5.41, 5.74) is 0.676. The molecular weight excluding hydrogens is 271 g/mol. The van der Waals surface area contributed by atoms with Crippen LogP contribution in [0.25, 0.3) is 0 Å². The van der Waals surface area contributed by atoms with Crippen LogP contribution >= 0.6 is 0 Å². The minimum absolute atomic E-state index is 0.119. The number of methoxy groups -OCH3 is 1. The van der Waals surface area contributed by atoms with Crippen LogP contribution in [0.15, 0.2) is 18.2 Å². The molecule has 0 bridgehead atoms. The topological polar surface area (TPSA) is 32.7 Å². The van der Waals surface area contributed by atoms with Crippen molar-refractivity contribution in [2.45, 2.75) is 25.6 Å². The fourth-order valence-corrected chi connectivity index (χ4v) is 2.47. The van der Waals surface area contributed by atoms with Crippen molar-refractivity contribution in [2.24, 2.45) is 5.92 Å². The highest BCUT2D eigenvalue weighted by molar-refractivity contribution is 5.39. The molecule has 0 aromatic heterocycles. The van der Waals surface area contributed by atoms with E-state index >= 15 is 0 Å². The zero-order chi connectivity index (χ0) is 14.8. The Morgan fingerprint density at radius 2 is 1.95 bits per heavy atom. The fraction of sp³-hybridized carbons (Fsp3) is 0.571. The van der Waals surface area contributed by atoms with Crippen LogP contribution < -0.4 is 4.74 Å². The van der Waals surface area contributed by atoms with E-state index in [1.54, 1.807) is 12.1 Å². The Morgan fingerprint density at radius 3 is 2.50 bits per heavy atom. The summed E-state index contributed by atoms with van der Waals surface area (Å²) in [5, 5.41) is 9.78. The van der Waals surface area contributed by atoms with Gasteiger partial charge in [-0.3, -0.25) is 4.90 Å². The number of hydrogen-bond donors (Lipinski definition) is 1. The zero-order valence-corrected chi connectivity index (χ0v) is 11.3. The van der Waals surface area contributed by atoms with E-state index in [1.807, 2.05) is 4.90 Å². The van der Waals surface area contributed by atoms with Crippen LogP contribution in [-0.2, 0) is 6.54 Å². The Hall–Kier alpha value is -1.43.